The average molecular weight is 525 g/mol. The summed E-state index contributed by atoms with van der Waals surface area (Å²) < 4.78 is 69.2. The summed E-state index contributed by atoms with van der Waals surface area (Å²) in [4.78, 5) is 4.83. The lowest BCUT2D eigenvalue weighted by molar-refractivity contribution is 0.381. The van der Waals surface area contributed by atoms with Crippen molar-refractivity contribution in [3.63, 3.8) is 0 Å². The summed E-state index contributed by atoms with van der Waals surface area (Å²) >= 11 is 0. The van der Waals surface area contributed by atoms with Gasteiger partial charge in [0, 0.05) is 22.1 Å². The first kappa shape index (κ1) is 24.4. The maximum absolute atomic E-state index is 14.2. The number of para-hydroxylation sites is 1. The first-order valence-corrected chi connectivity index (χ1v) is 11.8. The molecule has 1 aromatic heterocycles. The van der Waals surface area contributed by atoms with E-state index in [-0.39, 0.29) is 17.0 Å². The molecule has 0 saturated carbocycles. The Hall–Kier alpha value is -4.98. The summed E-state index contributed by atoms with van der Waals surface area (Å²) in [5.41, 5.74) is 4.07. The topological polar surface area (TPSA) is 60.6 Å². The average Bonchev–Trinajstić information content (AvgIpc) is 2.97. The Bertz CT molecular complexity index is 1850. The van der Waals surface area contributed by atoms with E-state index < -0.39 is 34.6 Å². The highest BCUT2D eigenvalue weighted by molar-refractivity contribution is 6.54. The second kappa shape index (κ2) is 9.09. The number of hydrogen-bond acceptors (Lipinski definition) is 3. The fourth-order valence-corrected chi connectivity index (χ4v) is 4.77. The van der Waals surface area contributed by atoms with Crippen LogP contribution in [0, 0.1) is 39.9 Å². The minimum absolute atomic E-state index is 0.120. The molecule has 0 bridgehead atoms. The molecule has 1 aliphatic rings. The van der Waals surface area contributed by atoms with Crippen LogP contribution in [0.25, 0.3) is 50.5 Å². The Balaban J connectivity index is 1.38. The Morgan fingerprint density at radius 1 is 0.513 bits per heavy atom. The zero-order valence-corrected chi connectivity index (χ0v) is 19.9. The monoisotopic (exact) mass is 525 g/mol. The first-order chi connectivity index (χ1) is 18.8. The third kappa shape index (κ3) is 3.84. The maximum Gasteiger partial charge on any atom is 0.200 e. The molecule has 6 rings (SSSR count). The second-order valence-corrected chi connectivity index (χ2v) is 8.99. The zero-order valence-electron chi connectivity index (χ0n) is 19.9. The fourth-order valence-electron chi connectivity index (χ4n) is 4.77. The highest BCUT2D eigenvalue weighted by atomic mass is 19.2. The summed E-state index contributed by atoms with van der Waals surface area (Å²) in [6, 6.07) is 20.5. The Labute approximate surface area is 218 Å². The fraction of sp³-hybridized carbons (Fsp3) is 0. The van der Waals surface area contributed by atoms with Gasteiger partial charge in [0.1, 0.15) is 0 Å². The van der Waals surface area contributed by atoms with E-state index in [1.807, 2.05) is 48.5 Å². The summed E-state index contributed by atoms with van der Waals surface area (Å²) in [5.74, 6) is -9.94. The lowest BCUT2D eigenvalue weighted by atomic mass is 9.88. The van der Waals surface area contributed by atoms with E-state index in [1.165, 1.54) is 24.3 Å². The van der Waals surface area contributed by atoms with Crippen molar-refractivity contribution in [1.82, 2.24) is 4.98 Å². The van der Waals surface area contributed by atoms with Crippen LogP contribution in [0.3, 0.4) is 0 Å². The number of nitrogens with one attached hydrogen (secondary N) is 2. The number of fused-ring (bicyclic) bond motifs is 3. The van der Waals surface area contributed by atoms with Crippen LogP contribution in [0.2, 0.25) is 0 Å². The van der Waals surface area contributed by atoms with Crippen LogP contribution >= 0.6 is 0 Å². The molecule has 0 atom stereocenters. The van der Waals surface area contributed by atoms with Crippen LogP contribution in [0.15, 0.2) is 78.9 Å². The molecule has 0 spiro atoms. The number of pyridine rings is 1. The van der Waals surface area contributed by atoms with Gasteiger partial charge in [-0.25, -0.2) is 26.9 Å². The molecule has 4 aromatic carbocycles. The summed E-state index contributed by atoms with van der Waals surface area (Å²) in [5, 5.41) is 17.4. The van der Waals surface area contributed by atoms with Crippen molar-refractivity contribution in [3.05, 3.63) is 119 Å². The van der Waals surface area contributed by atoms with Gasteiger partial charge in [-0.1, -0.05) is 66.7 Å². The molecule has 0 radical (unpaired) electrons. The lowest BCUT2D eigenvalue weighted by Crippen LogP contribution is -2.17. The molecule has 190 valence electrons. The molecule has 0 saturated heterocycles. The first-order valence-electron chi connectivity index (χ1n) is 11.8. The predicted molar refractivity (Wildman–Crippen MR) is 141 cm³/mol. The van der Waals surface area contributed by atoms with Gasteiger partial charge in [0.25, 0.3) is 0 Å². The molecule has 2 N–H and O–H groups in total. The molecule has 1 aliphatic carbocycles. The summed E-state index contributed by atoms with van der Waals surface area (Å²) in [7, 11) is 0. The molecule has 0 amide bonds. The molecule has 39 heavy (non-hydrogen) atoms. The van der Waals surface area contributed by atoms with Gasteiger partial charge in [0.05, 0.1) is 28.2 Å². The smallest absolute Gasteiger partial charge is 0.200 e. The molecule has 3 nitrogen and oxygen atoms in total. The van der Waals surface area contributed by atoms with Crippen molar-refractivity contribution in [2.45, 2.75) is 0 Å². The lowest BCUT2D eigenvalue weighted by Gasteiger charge is -2.19. The Morgan fingerprint density at radius 2 is 1.03 bits per heavy atom. The van der Waals surface area contributed by atoms with Gasteiger partial charge in [-0.2, -0.15) is 0 Å². The van der Waals surface area contributed by atoms with Crippen molar-refractivity contribution in [2.24, 2.45) is 0 Å². The number of rotatable bonds is 3. The van der Waals surface area contributed by atoms with Crippen LogP contribution < -0.4 is 0 Å². The van der Waals surface area contributed by atoms with Gasteiger partial charge < -0.3 is 0 Å². The van der Waals surface area contributed by atoms with Crippen LogP contribution in [-0.4, -0.2) is 16.4 Å². The van der Waals surface area contributed by atoms with Gasteiger partial charge in [0.15, 0.2) is 23.3 Å². The number of allylic oxidation sites excluding steroid dienone is 1. The van der Waals surface area contributed by atoms with Crippen LogP contribution in [0.5, 0.6) is 0 Å². The standard InChI is InChI=1S/C31H16F5N3/c32-25-23(26(33)28(35)29(36)27(25)34)17-9-5-15(6-10-17)16-7-11-18(12-8-16)31-20-13-14-21(37)30(38)24(20)19-3-1-2-4-22(19)39-31/h1-14,37-38H. The number of benzene rings is 4. The van der Waals surface area contributed by atoms with Crippen molar-refractivity contribution in [1.29, 1.82) is 10.8 Å². The summed E-state index contributed by atoms with van der Waals surface area (Å²) in [6.45, 7) is 0. The van der Waals surface area contributed by atoms with E-state index in [1.54, 1.807) is 12.2 Å². The van der Waals surface area contributed by atoms with Crippen molar-refractivity contribution in [2.75, 3.05) is 0 Å². The highest BCUT2D eigenvalue weighted by Gasteiger charge is 2.27. The van der Waals surface area contributed by atoms with Crippen molar-refractivity contribution in [3.8, 4) is 33.5 Å². The Morgan fingerprint density at radius 3 is 1.64 bits per heavy atom. The molecule has 1 heterocycles. The van der Waals surface area contributed by atoms with Crippen LogP contribution in [-0.2, 0) is 0 Å². The van der Waals surface area contributed by atoms with E-state index in [4.69, 9.17) is 15.8 Å². The van der Waals surface area contributed by atoms with Gasteiger partial charge in [0.2, 0.25) is 5.82 Å². The van der Waals surface area contributed by atoms with E-state index in [0.29, 0.717) is 22.3 Å². The molecule has 0 unspecified atom stereocenters. The number of aromatic nitrogens is 1. The minimum atomic E-state index is -2.20. The van der Waals surface area contributed by atoms with Gasteiger partial charge in [-0.15, -0.1) is 0 Å². The number of halogens is 5. The quantitative estimate of drug-likeness (QED) is 0.139. The second-order valence-electron chi connectivity index (χ2n) is 8.99. The largest absolute Gasteiger partial charge is 0.299 e. The minimum Gasteiger partial charge on any atom is -0.299 e. The van der Waals surface area contributed by atoms with Crippen LogP contribution in [0.1, 0.15) is 11.1 Å². The van der Waals surface area contributed by atoms with E-state index in [0.717, 1.165) is 22.1 Å². The normalized spacial score (nSPS) is 12.7. The zero-order chi connectivity index (χ0) is 27.4. The predicted octanol–water partition coefficient (Wildman–Crippen LogP) is 8.35. The van der Waals surface area contributed by atoms with E-state index in [9.17, 15) is 22.0 Å². The number of hydrogen-bond donors (Lipinski definition) is 2. The maximum atomic E-state index is 14.2. The third-order valence-electron chi connectivity index (χ3n) is 6.74. The molecule has 8 heteroatoms. The van der Waals surface area contributed by atoms with Gasteiger partial charge >= 0.3 is 0 Å². The van der Waals surface area contributed by atoms with Crippen molar-refractivity contribution < 1.29 is 22.0 Å². The Kier molecular flexibility index (Phi) is 5.68. The van der Waals surface area contributed by atoms with Gasteiger partial charge in [-0.3, -0.25) is 10.8 Å². The summed E-state index contributed by atoms with van der Waals surface area (Å²) in [6.07, 6.45) is 3.36. The molecule has 0 fully saturated rings. The van der Waals surface area contributed by atoms with Crippen LogP contribution in [0.4, 0.5) is 22.0 Å². The molecular weight excluding hydrogens is 509 g/mol. The number of nitrogens with zero attached hydrogens (tertiary/aromatic N) is 1. The van der Waals surface area contributed by atoms with Crippen molar-refractivity contribution >= 4 is 28.4 Å². The third-order valence-corrected chi connectivity index (χ3v) is 6.74. The van der Waals surface area contributed by atoms with E-state index >= 15 is 0 Å². The molecular formula is C31H16F5N3. The van der Waals surface area contributed by atoms with E-state index in [2.05, 4.69) is 0 Å². The molecule has 0 aliphatic heterocycles. The SMILES string of the molecule is N=C1C=Cc2c(-c3ccc(-c4ccc(-c5c(F)c(F)c(F)c(F)c5F)cc4)cc3)nc3ccccc3c2C1=N. The van der Waals surface area contributed by atoms with Gasteiger partial charge in [-0.05, 0) is 34.9 Å². The highest BCUT2D eigenvalue weighted by Crippen LogP contribution is 2.36. The molecule has 5 aromatic rings.